The number of carbonyl (C=O) groups is 2. The lowest BCUT2D eigenvalue weighted by Crippen LogP contribution is -2.47. The second-order valence-electron chi connectivity index (χ2n) is 7.95. The minimum atomic E-state index is -3.61. The van der Waals surface area contributed by atoms with Crippen molar-refractivity contribution in [3.63, 3.8) is 0 Å². The van der Waals surface area contributed by atoms with Crippen molar-refractivity contribution in [2.45, 2.75) is 43.5 Å². The number of nitrogens with one attached hydrogen (secondary N) is 2. The lowest BCUT2D eigenvalue weighted by atomic mass is 9.97. The lowest BCUT2D eigenvalue weighted by molar-refractivity contribution is -0.126. The minimum absolute atomic E-state index is 0.108. The van der Waals surface area contributed by atoms with Crippen molar-refractivity contribution in [2.75, 3.05) is 38.5 Å². The number of benzene rings is 1. The molecule has 9 heteroatoms. The van der Waals surface area contributed by atoms with Gasteiger partial charge in [0.25, 0.3) is 0 Å². The largest absolute Gasteiger partial charge is 0.344 e. The van der Waals surface area contributed by atoms with E-state index in [9.17, 15) is 18.0 Å². The quantitative estimate of drug-likeness (QED) is 0.719. The van der Waals surface area contributed by atoms with Gasteiger partial charge in [0.05, 0.1) is 4.90 Å². The number of likely N-dealkylation sites (N-methyl/N-ethyl adjacent to an activating group) is 1. The monoisotopic (exact) mass is 422 g/mol. The smallest absolute Gasteiger partial charge is 0.247 e. The predicted octanol–water partition coefficient (Wildman–Crippen LogP) is 1.26. The van der Waals surface area contributed by atoms with Crippen LogP contribution >= 0.6 is 0 Å². The van der Waals surface area contributed by atoms with Crippen LogP contribution in [0.3, 0.4) is 0 Å². The normalized spacial score (nSPS) is 20.3. The predicted molar refractivity (Wildman–Crippen MR) is 111 cm³/mol. The maximum Gasteiger partial charge on any atom is 0.247 e. The molecule has 2 amide bonds. The topological polar surface area (TPSA) is 98.8 Å². The van der Waals surface area contributed by atoms with Crippen LogP contribution in [0.4, 0.5) is 5.69 Å². The molecule has 1 saturated carbocycles. The van der Waals surface area contributed by atoms with Crippen molar-refractivity contribution >= 4 is 27.5 Å². The van der Waals surface area contributed by atoms with Crippen molar-refractivity contribution in [1.29, 1.82) is 0 Å². The molecule has 0 spiro atoms. The van der Waals surface area contributed by atoms with Crippen LogP contribution in [0.5, 0.6) is 0 Å². The Balaban J connectivity index is 1.74. The fraction of sp³-hybridized carbons (Fsp3) is 0.600. The molecule has 2 fully saturated rings. The Hall–Kier alpha value is -1.97. The van der Waals surface area contributed by atoms with Crippen LogP contribution in [0, 0.1) is 5.92 Å². The summed E-state index contributed by atoms with van der Waals surface area (Å²) in [5.41, 5.74) is 0.415. The van der Waals surface area contributed by atoms with E-state index in [-0.39, 0.29) is 22.6 Å². The van der Waals surface area contributed by atoms with Gasteiger partial charge in [-0.2, -0.15) is 4.31 Å². The summed E-state index contributed by atoms with van der Waals surface area (Å²) in [5, 5.41) is 5.56. The highest BCUT2D eigenvalue weighted by Gasteiger charge is 2.32. The molecule has 1 aliphatic heterocycles. The molecule has 8 nitrogen and oxygen atoms in total. The Morgan fingerprint density at radius 1 is 1.10 bits per heavy atom. The molecule has 0 aromatic heterocycles. The van der Waals surface area contributed by atoms with Crippen LogP contribution in [-0.4, -0.2) is 68.7 Å². The van der Waals surface area contributed by atoms with Crippen molar-refractivity contribution in [1.82, 2.24) is 14.5 Å². The van der Waals surface area contributed by atoms with Gasteiger partial charge in [0, 0.05) is 38.8 Å². The van der Waals surface area contributed by atoms with Crippen molar-refractivity contribution < 1.29 is 18.0 Å². The van der Waals surface area contributed by atoms with Gasteiger partial charge in [-0.25, -0.2) is 8.42 Å². The highest BCUT2D eigenvalue weighted by molar-refractivity contribution is 7.89. The van der Waals surface area contributed by atoms with Gasteiger partial charge in [0.2, 0.25) is 21.8 Å². The molecule has 3 rings (SSSR count). The van der Waals surface area contributed by atoms with Gasteiger partial charge in [-0.05, 0) is 44.0 Å². The first-order valence-electron chi connectivity index (χ1n) is 10.1. The van der Waals surface area contributed by atoms with E-state index in [2.05, 4.69) is 15.5 Å². The number of nitrogens with zero attached hydrogens (tertiary/aromatic N) is 2. The summed E-state index contributed by atoms with van der Waals surface area (Å²) in [6, 6.07) is 5.73. The maximum atomic E-state index is 13.0. The van der Waals surface area contributed by atoms with E-state index in [4.69, 9.17) is 0 Å². The molecule has 2 aliphatic rings. The number of piperazine rings is 1. The summed E-state index contributed by atoms with van der Waals surface area (Å²) in [6.07, 6.45) is 3.89. The van der Waals surface area contributed by atoms with Crippen molar-refractivity contribution in [3.8, 4) is 0 Å². The minimum Gasteiger partial charge on any atom is -0.344 e. The van der Waals surface area contributed by atoms with Gasteiger partial charge in [0.15, 0.2) is 0 Å². The third kappa shape index (κ3) is 5.34. The van der Waals surface area contributed by atoms with Gasteiger partial charge < -0.3 is 15.5 Å². The summed E-state index contributed by atoms with van der Waals surface area (Å²) in [7, 11) is -1.64. The number of hydrogen-bond acceptors (Lipinski definition) is 5. The third-order valence-corrected chi connectivity index (χ3v) is 7.61. The number of amides is 2. The molecule has 1 unspecified atom stereocenters. The molecule has 1 aliphatic carbocycles. The van der Waals surface area contributed by atoms with Crippen LogP contribution in [0.2, 0.25) is 0 Å². The van der Waals surface area contributed by atoms with E-state index in [0.29, 0.717) is 31.9 Å². The fourth-order valence-electron chi connectivity index (χ4n) is 4.04. The van der Waals surface area contributed by atoms with Crippen molar-refractivity contribution in [3.05, 3.63) is 24.3 Å². The molecule has 2 N–H and O–H groups in total. The van der Waals surface area contributed by atoms with E-state index < -0.39 is 16.1 Å². The van der Waals surface area contributed by atoms with Gasteiger partial charge >= 0.3 is 0 Å². The van der Waals surface area contributed by atoms with Gasteiger partial charge in [0.1, 0.15) is 6.04 Å². The van der Waals surface area contributed by atoms with E-state index in [0.717, 1.165) is 25.7 Å². The molecule has 160 valence electrons. The third-order valence-electron chi connectivity index (χ3n) is 5.71. The van der Waals surface area contributed by atoms with Gasteiger partial charge in [-0.15, -0.1) is 0 Å². The number of rotatable bonds is 6. The zero-order valence-electron chi connectivity index (χ0n) is 17.1. The molecular weight excluding hydrogens is 392 g/mol. The maximum absolute atomic E-state index is 13.0. The molecular formula is C20H30N4O4S. The Labute approximate surface area is 172 Å². The zero-order valence-corrected chi connectivity index (χ0v) is 17.9. The Bertz CT molecular complexity index is 844. The van der Waals surface area contributed by atoms with E-state index in [1.807, 2.05) is 7.05 Å². The molecule has 1 aromatic carbocycles. The Morgan fingerprint density at radius 3 is 2.38 bits per heavy atom. The second-order valence-corrected chi connectivity index (χ2v) is 9.89. The van der Waals surface area contributed by atoms with E-state index in [1.165, 1.54) is 17.3 Å². The summed E-state index contributed by atoms with van der Waals surface area (Å²) < 4.78 is 27.4. The summed E-state index contributed by atoms with van der Waals surface area (Å²) in [4.78, 5) is 26.7. The summed E-state index contributed by atoms with van der Waals surface area (Å²) in [6.45, 7) is 3.67. The average Bonchev–Trinajstić information content (AvgIpc) is 3.21. The highest BCUT2D eigenvalue weighted by atomic mass is 32.2. The number of carbonyl (C=O) groups excluding carboxylic acids is 2. The van der Waals surface area contributed by atoms with Crippen LogP contribution in [-0.2, 0) is 19.6 Å². The van der Waals surface area contributed by atoms with Crippen LogP contribution in [0.1, 0.15) is 32.6 Å². The highest BCUT2D eigenvalue weighted by Crippen LogP contribution is 2.29. The Kier molecular flexibility index (Phi) is 6.92. The van der Waals surface area contributed by atoms with Gasteiger partial charge in [-0.3, -0.25) is 9.59 Å². The first kappa shape index (κ1) is 21.7. The Morgan fingerprint density at radius 2 is 1.76 bits per heavy atom. The van der Waals surface area contributed by atoms with Crippen LogP contribution in [0.25, 0.3) is 0 Å². The van der Waals surface area contributed by atoms with E-state index >= 15 is 0 Å². The second kappa shape index (κ2) is 9.23. The summed E-state index contributed by atoms with van der Waals surface area (Å²) in [5.74, 6) is -0.444. The number of anilines is 1. The van der Waals surface area contributed by atoms with Crippen LogP contribution < -0.4 is 10.6 Å². The molecule has 1 aromatic rings. The molecule has 29 heavy (non-hydrogen) atoms. The first-order valence-corrected chi connectivity index (χ1v) is 11.6. The van der Waals surface area contributed by atoms with Crippen LogP contribution in [0.15, 0.2) is 29.2 Å². The average molecular weight is 423 g/mol. The molecule has 0 radical (unpaired) electrons. The molecule has 0 bridgehead atoms. The molecule has 1 atom stereocenters. The SMILES string of the molecule is CC(=O)NC(C(=O)Nc1cccc(S(=O)(=O)N2CCN(C)CC2)c1)C1CCCC1. The lowest BCUT2D eigenvalue weighted by Gasteiger charge is -2.31. The molecule has 1 heterocycles. The molecule has 1 saturated heterocycles. The summed E-state index contributed by atoms with van der Waals surface area (Å²) >= 11 is 0. The number of sulfonamides is 1. The zero-order chi connectivity index (χ0) is 21.0. The fourth-order valence-corrected chi connectivity index (χ4v) is 5.51. The van der Waals surface area contributed by atoms with Crippen molar-refractivity contribution in [2.24, 2.45) is 5.92 Å². The van der Waals surface area contributed by atoms with E-state index in [1.54, 1.807) is 18.2 Å². The standard InChI is InChI=1S/C20H30N4O4S/c1-15(25)21-19(16-6-3-4-7-16)20(26)22-17-8-5-9-18(14-17)29(27,28)24-12-10-23(2)11-13-24/h5,8-9,14,16,19H,3-4,6-7,10-13H2,1-2H3,(H,21,25)(H,22,26). The van der Waals surface area contributed by atoms with Gasteiger partial charge in [-0.1, -0.05) is 18.9 Å². The number of hydrogen-bond donors (Lipinski definition) is 2. The first-order chi connectivity index (χ1) is 13.8.